The Bertz CT molecular complexity index is 264. The number of hydrogen-bond acceptors (Lipinski definition) is 4. The van der Waals surface area contributed by atoms with E-state index < -0.39 is 0 Å². The van der Waals surface area contributed by atoms with Crippen LogP contribution in [0.1, 0.15) is 19.8 Å². The molecule has 0 aromatic rings. The summed E-state index contributed by atoms with van der Waals surface area (Å²) in [7, 11) is 2.99. The molecule has 1 N–H and O–H groups in total. The van der Waals surface area contributed by atoms with Gasteiger partial charge in [0.2, 0.25) is 5.91 Å². The number of ether oxygens (including phenoxy) is 1. The van der Waals surface area contributed by atoms with Crippen molar-refractivity contribution in [2.24, 2.45) is 5.92 Å². The summed E-state index contributed by atoms with van der Waals surface area (Å²) in [5, 5.41) is 2.57. The lowest BCUT2D eigenvalue weighted by molar-refractivity contribution is -0.148. The molecule has 1 saturated carbocycles. The molecule has 1 atom stereocenters. The van der Waals surface area contributed by atoms with Crippen LogP contribution in [-0.4, -0.2) is 50.1 Å². The highest BCUT2D eigenvalue weighted by Gasteiger charge is 2.40. The number of methoxy groups -OCH3 is 1. The second-order valence-electron chi connectivity index (χ2n) is 4.04. The Morgan fingerprint density at radius 2 is 2.12 bits per heavy atom. The molecule has 16 heavy (non-hydrogen) atoms. The van der Waals surface area contributed by atoms with E-state index in [-0.39, 0.29) is 24.5 Å². The van der Waals surface area contributed by atoms with E-state index in [1.807, 2.05) is 11.8 Å². The van der Waals surface area contributed by atoms with Crippen molar-refractivity contribution in [3.05, 3.63) is 0 Å². The molecule has 0 aliphatic heterocycles. The van der Waals surface area contributed by atoms with E-state index in [1.54, 1.807) is 7.05 Å². The molecule has 0 heterocycles. The molecule has 0 bridgehead atoms. The van der Waals surface area contributed by atoms with Gasteiger partial charge in [-0.05, 0) is 25.3 Å². The fourth-order valence-corrected chi connectivity index (χ4v) is 1.84. The third-order valence-corrected chi connectivity index (χ3v) is 2.94. The molecule has 1 amide bonds. The van der Waals surface area contributed by atoms with Crippen molar-refractivity contribution in [3.63, 3.8) is 0 Å². The molecule has 0 saturated heterocycles. The summed E-state index contributed by atoms with van der Waals surface area (Å²) in [6, 6.07) is -0.257. The van der Waals surface area contributed by atoms with Crippen LogP contribution in [0.4, 0.5) is 0 Å². The van der Waals surface area contributed by atoms with Gasteiger partial charge in [-0.1, -0.05) is 6.92 Å². The molecule has 5 nitrogen and oxygen atoms in total. The average Bonchev–Trinajstić information content (AvgIpc) is 3.11. The average molecular weight is 228 g/mol. The lowest BCUT2D eigenvalue weighted by Crippen LogP contribution is -2.47. The van der Waals surface area contributed by atoms with Crippen molar-refractivity contribution >= 4 is 11.9 Å². The summed E-state index contributed by atoms with van der Waals surface area (Å²) < 4.78 is 4.80. The molecule has 1 rings (SSSR count). The Kier molecular flexibility index (Phi) is 4.73. The van der Waals surface area contributed by atoms with Crippen molar-refractivity contribution in [2.45, 2.75) is 25.8 Å². The lowest BCUT2D eigenvalue weighted by atomic mass is 10.1. The topological polar surface area (TPSA) is 58.6 Å². The first kappa shape index (κ1) is 13.0. The van der Waals surface area contributed by atoms with Gasteiger partial charge in [-0.25, -0.2) is 0 Å². The molecule has 1 aliphatic rings. The smallest absolute Gasteiger partial charge is 0.323 e. The second kappa shape index (κ2) is 5.84. The highest BCUT2D eigenvalue weighted by atomic mass is 16.5. The summed E-state index contributed by atoms with van der Waals surface area (Å²) in [6.45, 7) is 2.87. The fraction of sp³-hybridized carbons (Fsp3) is 0.818. The summed E-state index contributed by atoms with van der Waals surface area (Å²) in [5.74, 6) is 0.0571. The third-order valence-electron chi connectivity index (χ3n) is 2.94. The van der Waals surface area contributed by atoms with E-state index in [9.17, 15) is 9.59 Å². The zero-order chi connectivity index (χ0) is 12.1. The van der Waals surface area contributed by atoms with Gasteiger partial charge in [0.15, 0.2) is 0 Å². The molecule has 1 fully saturated rings. The minimum absolute atomic E-state index is 0.0728. The van der Waals surface area contributed by atoms with Gasteiger partial charge in [-0.3, -0.25) is 14.5 Å². The van der Waals surface area contributed by atoms with Gasteiger partial charge in [-0.2, -0.15) is 0 Å². The van der Waals surface area contributed by atoms with Crippen molar-refractivity contribution in [3.8, 4) is 0 Å². The number of nitrogens with zero attached hydrogens (tertiary/aromatic N) is 1. The SMILES string of the molecule is CCN(CC(=O)NC)C(C(=O)OC)C1CC1. The minimum atomic E-state index is -0.257. The second-order valence-corrected chi connectivity index (χ2v) is 4.04. The molecule has 1 aliphatic carbocycles. The number of likely N-dealkylation sites (N-methyl/N-ethyl adjacent to an activating group) is 2. The normalized spacial score (nSPS) is 17.0. The van der Waals surface area contributed by atoms with Crippen LogP contribution in [0.5, 0.6) is 0 Å². The van der Waals surface area contributed by atoms with E-state index in [0.717, 1.165) is 12.8 Å². The maximum absolute atomic E-state index is 11.7. The van der Waals surface area contributed by atoms with Crippen LogP contribution >= 0.6 is 0 Å². The molecule has 0 spiro atoms. The number of esters is 1. The largest absolute Gasteiger partial charge is 0.468 e. The number of carbonyl (C=O) groups excluding carboxylic acids is 2. The maximum atomic E-state index is 11.7. The quantitative estimate of drug-likeness (QED) is 0.650. The first-order valence-electron chi connectivity index (χ1n) is 5.66. The van der Waals surface area contributed by atoms with Crippen LogP contribution in [0.15, 0.2) is 0 Å². The first-order chi connectivity index (χ1) is 7.63. The van der Waals surface area contributed by atoms with Crippen molar-refractivity contribution in [2.75, 3.05) is 27.2 Å². The summed E-state index contributed by atoms with van der Waals surface area (Å²) in [5.41, 5.74) is 0. The summed E-state index contributed by atoms with van der Waals surface area (Å²) in [4.78, 5) is 24.9. The van der Waals surface area contributed by atoms with E-state index in [1.165, 1.54) is 7.11 Å². The number of nitrogens with one attached hydrogen (secondary N) is 1. The molecule has 1 unspecified atom stereocenters. The Balaban J connectivity index is 2.65. The molecule has 92 valence electrons. The zero-order valence-electron chi connectivity index (χ0n) is 10.2. The number of rotatable bonds is 6. The predicted octanol–water partition coefficient (Wildman–Crippen LogP) is 0.00590. The molecular weight excluding hydrogens is 208 g/mol. The highest BCUT2D eigenvalue weighted by molar-refractivity contribution is 5.80. The van der Waals surface area contributed by atoms with Crippen molar-refractivity contribution in [1.29, 1.82) is 0 Å². The highest BCUT2D eigenvalue weighted by Crippen LogP contribution is 2.35. The van der Waals surface area contributed by atoms with Crippen LogP contribution in [-0.2, 0) is 14.3 Å². The molecular formula is C11H20N2O3. The van der Waals surface area contributed by atoms with Crippen LogP contribution < -0.4 is 5.32 Å². The summed E-state index contributed by atoms with van der Waals surface area (Å²) in [6.07, 6.45) is 2.09. The fourth-order valence-electron chi connectivity index (χ4n) is 1.84. The Morgan fingerprint density at radius 3 is 2.50 bits per heavy atom. The summed E-state index contributed by atoms with van der Waals surface area (Å²) >= 11 is 0. The standard InChI is InChI=1S/C11H20N2O3/c1-4-13(7-9(14)12-2)10(8-5-6-8)11(15)16-3/h8,10H,4-7H2,1-3H3,(H,12,14). The van der Waals surface area contributed by atoms with E-state index in [4.69, 9.17) is 4.74 Å². The van der Waals surface area contributed by atoms with Crippen LogP contribution in [0.3, 0.4) is 0 Å². The van der Waals surface area contributed by atoms with Gasteiger partial charge < -0.3 is 10.1 Å². The van der Waals surface area contributed by atoms with Crippen molar-refractivity contribution in [1.82, 2.24) is 10.2 Å². The van der Waals surface area contributed by atoms with Gasteiger partial charge in [0.05, 0.1) is 13.7 Å². The van der Waals surface area contributed by atoms with E-state index in [0.29, 0.717) is 12.5 Å². The predicted molar refractivity (Wildman–Crippen MR) is 59.8 cm³/mol. The number of carbonyl (C=O) groups is 2. The third kappa shape index (κ3) is 3.20. The van der Waals surface area contributed by atoms with Crippen LogP contribution in [0, 0.1) is 5.92 Å². The Morgan fingerprint density at radius 1 is 1.50 bits per heavy atom. The monoisotopic (exact) mass is 228 g/mol. The van der Waals surface area contributed by atoms with Gasteiger partial charge >= 0.3 is 5.97 Å². The van der Waals surface area contributed by atoms with E-state index >= 15 is 0 Å². The maximum Gasteiger partial charge on any atom is 0.323 e. The molecule has 0 radical (unpaired) electrons. The minimum Gasteiger partial charge on any atom is -0.468 e. The van der Waals surface area contributed by atoms with Crippen LogP contribution in [0.25, 0.3) is 0 Å². The first-order valence-corrected chi connectivity index (χ1v) is 5.66. The Labute approximate surface area is 96.1 Å². The van der Waals surface area contributed by atoms with Gasteiger partial charge in [0.25, 0.3) is 0 Å². The lowest BCUT2D eigenvalue weighted by Gasteiger charge is -2.27. The molecule has 0 aromatic heterocycles. The number of amides is 1. The van der Waals surface area contributed by atoms with Crippen LogP contribution in [0.2, 0.25) is 0 Å². The van der Waals surface area contributed by atoms with E-state index in [2.05, 4.69) is 5.32 Å². The Hall–Kier alpha value is -1.10. The zero-order valence-corrected chi connectivity index (χ0v) is 10.2. The molecule has 0 aromatic carbocycles. The van der Waals surface area contributed by atoms with Gasteiger partial charge in [0.1, 0.15) is 6.04 Å². The molecule has 5 heteroatoms. The number of hydrogen-bond donors (Lipinski definition) is 1. The van der Waals surface area contributed by atoms with Gasteiger partial charge in [0, 0.05) is 7.05 Å². The van der Waals surface area contributed by atoms with Crippen molar-refractivity contribution < 1.29 is 14.3 Å². The van der Waals surface area contributed by atoms with Gasteiger partial charge in [-0.15, -0.1) is 0 Å².